The zero-order valence-electron chi connectivity index (χ0n) is 13.3. The molecule has 1 aromatic heterocycles. The number of furan rings is 1. The summed E-state index contributed by atoms with van der Waals surface area (Å²) < 4.78 is 16.7. The normalized spacial score (nSPS) is 22.9. The summed E-state index contributed by atoms with van der Waals surface area (Å²) in [7, 11) is 0. The lowest BCUT2D eigenvalue weighted by Crippen LogP contribution is -2.39. The van der Waals surface area contributed by atoms with E-state index in [1.807, 2.05) is 12.1 Å². The van der Waals surface area contributed by atoms with Gasteiger partial charge in [-0.1, -0.05) is 0 Å². The van der Waals surface area contributed by atoms with E-state index in [0.29, 0.717) is 19.2 Å². The van der Waals surface area contributed by atoms with Gasteiger partial charge in [0.25, 0.3) is 0 Å². The fraction of sp³-hybridized carbons (Fsp3) is 0.765. The number of hydrogen-bond acceptors (Lipinski definition) is 5. The van der Waals surface area contributed by atoms with Crippen molar-refractivity contribution in [2.75, 3.05) is 26.4 Å². The fourth-order valence-corrected chi connectivity index (χ4v) is 3.11. The number of rotatable bonds is 8. The zero-order chi connectivity index (χ0) is 15.4. The van der Waals surface area contributed by atoms with Gasteiger partial charge in [-0.15, -0.1) is 0 Å². The van der Waals surface area contributed by atoms with Gasteiger partial charge >= 0.3 is 0 Å². The van der Waals surface area contributed by atoms with Crippen LogP contribution in [0.25, 0.3) is 0 Å². The molecule has 2 aliphatic rings. The summed E-state index contributed by atoms with van der Waals surface area (Å²) in [6.07, 6.45) is 5.77. The molecular weight excluding hydrogens is 282 g/mol. The summed E-state index contributed by atoms with van der Waals surface area (Å²) in [5.74, 6) is 0.962. The van der Waals surface area contributed by atoms with Crippen molar-refractivity contribution in [3.8, 4) is 0 Å². The molecule has 1 saturated carbocycles. The molecule has 5 nitrogen and oxygen atoms in total. The van der Waals surface area contributed by atoms with Gasteiger partial charge in [-0.2, -0.15) is 0 Å². The topological polar surface area (TPSA) is 55.1 Å². The van der Waals surface area contributed by atoms with Gasteiger partial charge in [-0.05, 0) is 44.7 Å². The molecule has 0 radical (unpaired) electrons. The highest BCUT2D eigenvalue weighted by Gasteiger charge is 2.35. The van der Waals surface area contributed by atoms with Crippen LogP contribution in [0.15, 0.2) is 22.8 Å². The molecule has 1 N–H and O–H groups in total. The SMILES string of the molecule is CC(c1ccco1)N(CC(O)COC1CCOCC1)C1CC1. The highest BCUT2D eigenvalue weighted by molar-refractivity contribution is 5.05. The summed E-state index contributed by atoms with van der Waals surface area (Å²) in [6, 6.07) is 4.69. The quantitative estimate of drug-likeness (QED) is 0.799. The third-order valence-electron chi connectivity index (χ3n) is 4.58. The Morgan fingerprint density at radius 1 is 1.32 bits per heavy atom. The maximum Gasteiger partial charge on any atom is 0.120 e. The van der Waals surface area contributed by atoms with Gasteiger partial charge in [0.1, 0.15) is 5.76 Å². The van der Waals surface area contributed by atoms with Crippen LogP contribution >= 0.6 is 0 Å². The fourth-order valence-electron chi connectivity index (χ4n) is 3.11. The van der Waals surface area contributed by atoms with Crippen molar-refractivity contribution in [2.45, 2.75) is 56.9 Å². The monoisotopic (exact) mass is 309 g/mol. The van der Waals surface area contributed by atoms with Crippen LogP contribution in [0.4, 0.5) is 0 Å². The predicted molar refractivity (Wildman–Crippen MR) is 82.7 cm³/mol. The van der Waals surface area contributed by atoms with Crippen molar-refractivity contribution in [1.29, 1.82) is 0 Å². The molecule has 0 spiro atoms. The van der Waals surface area contributed by atoms with Crippen LogP contribution in [0.2, 0.25) is 0 Å². The van der Waals surface area contributed by atoms with Crippen molar-refractivity contribution < 1.29 is 19.0 Å². The lowest BCUT2D eigenvalue weighted by Gasteiger charge is -2.30. The molecule has 2 heterocycles. The van der Waals surface area contributed by atoms with Crippen LogP contribution in [-0.4, -0.2) is 54.6 Å². The van der Waals surface area contributed by atoms with E-state index in [9.17, 15) is 5.11 Å². The molecule has 2 fully saturated rings. The van der Waals surface area contributed by atoms with E-state index in [2.05, 4.69) is 11.8 Å². The van der Waals surface area contributed by atoms with Crippen LogP contribution in [-0.2, 0) is 9.47 Å². The highest BCUT2D eigenvalue weighted by Crippen LogP contribution is 2.34. The minimum Gasteiger partial charge on any atom is -0.468 e. The molecule has 1 aromatic rings. The molecule has 0 aromatic carbocycles. The predicted octanol–water partition coefficient (Wildman–Crippen LogP) is 2.36. The highest BCUT2D eigenvalue weighted by atomic mass is 16.5. The molecule has 5 heteroatoms. The molecule has 1 saturated heterocycles. The summed E-state index contributed by atoms with van der Waals surface area (Å²) in [5, 5.41) is 10.3. The number of hydrogen-bond donors (Lipinski definition) is 1. The van der Waals surface area contributed by atoms with E-state index in [-0.39, 0.29) is 12.1 Å². The van der Waals surface area contributed by atoms with Gasteiger partial charge in [0, 0.05) is 25.8 Å². The molecule has 124 valence electrons. The summed E-state index contributed by atoms with van der Waals surface area (Å²) >= 11 is 0. The summed E-state index contributed by atoms with van der Waals surface area (Å²) in [4.78, 5) is 2.34. The Balaban J connectivity index is 1.48. The van der Waals surface area contributed by atoms with Gasteiger partial charge in [-0.25, -0.2) is 0 Å². The first-order valence-corrected chi connectivity index (χ1v) is 8.40. The van der Waals surface area contributed by atoms with Crippen LogP contribution in [0.5, 0.6) is 0 Å². The first-order chi connectivity index (χ1) is 10.7. The molecule has 3 rings (SSSR count). The molecule has 2 atom stereocenters. The Kier molecular flexibility index (Phi) is 5.52. The molecule has 0 amide bonds. The maximum absolute atomic E-state index is 10.3. The zero-order valence-corrected chi connectivity index (χ0v) is 13.3. The van der Waals surface area contributed by atoms with E-state index in [1.165, 1.54) is 12.8 Å². The van der Waals surface area contributed by atoms with E-state index < -0.39 is 6.10 Å². The molecule has 0 bridgehead atoms. The Hall–Kier alpha value is -0.880. The van der Waals surface area contributed by atoms with E-state index in [4.69, 9.17) is 13.9 Å². The Morgan fingerprint density at radius 3 is 2.73 bits per heavy atom. The van der Waals surface area contributed by atoms with Crippen molar-refractivity contribution in [3.63, 3.8) is 0 Å². The Bertz CT molecular complexity index is 426. The minimum absolute atomic E-state index is 0.195. The third-order valence-corrected chi connectivity index (χ3v) is 4.58. The first kappa shape index (κ1) is 16.0. The van der Waals surface area contributed by atoms with E-state index in [0.717, 1.165) is 31.8 Å². The second-order valence-corrected chi connectivity index (χ2v) is 6.42. The second-order valence-electron chi connectivity index (χ2n) is 6.42. The number of aliphatic hydroxyl groups excluding tert-OH is 1. The summed E-state index contributed by atoms with van der Waals surface area (Å²) in [6.45, 7) is 4.71. The van der Waals surface area contributed by atoms with Crippen LogP contribution < -0.4 is 0 Å². The van der Waals surface area contributed by atoms with E-state index >= 15 is 0 Å². The molecule has 22 heavy (non-hydrogen) atoms. The van der Waals surface area contributed by atoms with Crippen molar-refractivity contribution in [3.05, 3.63) is 24.2 Å². The largest absolute Gasteiger partial charge is 0.468 e. The standard InChI is InChI=1S/C17H27NO4/c1-13(17-3-2-8-21-17)18(14-4-5-14)11-15(19)12-22-16-6-9-20-10-7-16/h2-3,8,13-16,19H,4-7,9-12H2,1H3. The lowest BCUT2D eigenvalue weighted by molar-refractivity contribution is -0.0667. The smallest absolute Gasteiger partial charge is 0.120 e. The van der Waals surface area contributed by atoms with Gasteiger partial charge in [-0.3, -0.25) is 4.90 Å². The third kappa shape index (κ3) is 4.32. The van der Waals surface area contributed by atoms with Crippen molar-refractivity contribution in [1.82, 2.24) is 4.90 Å². The number of ether oxygens (including phenoxy) is 2. The molecule has 1 aliphatic heterocycles. The average molecular weight is 309 g/mol. The first-order valence-electron chi connectivity index (χ1n) is 8.40. The van der Waals surface area contributed by atoms with E-state index in [1.54, 1.807) is 6.26 Å². The van der Waals surface area contributed by atoms with Crippen LogP contribution in [0.3, 0.4) is 0 Å². The van der Waals surface area contributed by atoms with Gasteiger partial charge in [0.2, 0.25) is 0 Å². The maximum atomic E-state index is 10.3. The molecular formula is C17H27NO4. The number of aliphatic hydroxyl groups is 1. The molecule has 1 aliphatic carbocycles. The van der Waals surface area contributed by atoms with Gasteiger partial charge in [0.15, 0.2) is 0 Å². The van der Waals surface area contributed by atoms with Crippen LogP contribution in [0.1, 0.15) is 44.4 Å². The average Bonchev–Trinajstić information content (AvgIpc) is 3.24. The van der Waals surface area contributed by atoms with Gasteiger partial charge < -0.3 is 19.0 Å². The molecule has 2 unspecified atom stereocenters. The van der Waals surface area contributed by atoms with Crippen molar-refractivity contribution >= 4 is 0 Å². The summed E-state index contributed by atoms with van der Waals surface area (Å²) in [5.41, 5.74) is 0. The Morgan fingerprint density at radius 2 is 2.09 bits per heavy atom. The minimum atomic E-state index is -0.458. The Labute approximate surface area is 132 Å². The van der Waals surface area contributed by atoms with Gasteiger partial charge in [0.05, 0.1) is 31.1 Å². The van der Waals surface area contributed by atoms with Crippen molar-refractivity contribution in [2.24, 2.45) is 0 Å². The lowest BCUT2D eigenvalue weighted by atomic mass is 10.1. The second kappa shape index (κ2) is 7.59. The van der Waals surface area contributed by atoms with Crippen LogP contribution in [0, 0.1) is 0 Å². The number of nitrogens with zero attached hydrogens (tertiary/aromatic N) is 1.